The molecule has 170 valence electrons. The summed E-state index contributed by atoms with van der Waals surface area (Å²) in [5.74, 6) is -0.489. The summed E-state index contributed by atoms with van der Waals surface area (Å²) in [6.45, 7) is 2.13. The molecular formula is C23H27N3O6. The highest BCUT2D eigenvalue weighted by atomic mass is 16.5. The molecule has 9 nitrogen and oxygen atoms in total. The van der Waals surface area contributed by atoms with Gasteiger partial charge in [0.15, 0.2) is 0 Å². The Morgan fingerprint density at radius 2 is 2.00 bits per heavy atom. The van der Waals surface area contributed by atoms with Crippen LogP contribution in [0.25, 0.3) is 0 Å². The van der Waals surface area contributed by atoms with E-state index < -0.39 is 11.9 Å². The van der Waals surface area contributed by atoms with E-state index in [0.717, 1.165) is 5.69 Å². The zero-order valence-corrected chi connectivity index (χ0v) is 18.5. The van der Waals surface area contributed by atoms with Gasteiger partial charge >= 0.3 is 5.97 Å². The number of aromatic amines is 1. The average Bonchev–Trinajstić information content (AvgIpc) is 3.31. The monoisotopic (exact) mass is 441 g/mol. The fourth-order valence-corrected chi connectivity index (χ4v) is 3.75. The van der Waals surface area contributed by atoms with E-state index in [1.54, 1.807) is 42.2 Å². The van der Waals surface area contributed by atoms with Crippen LogP contribution in [0.3, 0.4) is 0 Å². The van der Waals surface area contributed by atoms with Crippen LogP contribution in [0.5, 0.6) is 17.2 Å². The van der Waals surface area contributed by atoms with Gasteiger partial charge in [-0.2, -0.15) is 0 Å². The van der Waals surface area contributed by atoms with Gasteiger partial charge in [-0.1, -0.05) is 6.07 Å². The normalized spacial score (nSPS) is 11.8. The Bertz CT molecular complexity index is 1140. The number of rotatable bonds is 9. The quantitative estimate of drug-likeness (QED) is 0.490. The Balaban J connectivity index is 2.13. The van der Waals surface area contributed by atoms with Gasteiger partial charge in [0.25, 0.3) is 5.56 Å². The number of pyridine rings is 1. The molecule has 0 aliphatic carbocycles. The van der Waals surface area contributed by atoms with E-state index in [4.69, 9.17) is 14.2 Å². The van der Waals surface area contributed by atoms with E-state index in [-0.39, 0.29) is 23.3 Å². The minimum Gasteiger partial charge on any atom is -0.507 e. The third-order valence-corrected chi connectivity index (χ3v) is 5.45. The lowest BCUT2D eigenvalue weighted by atomic mass is 9.87. The molecule has 3 aromatic rings. The summed E-state index contributed by atoms with van der Waals surface area (Å²) in [6, 6.07) is 6.63. The molecule has 0 unspecified atom stereocenters. The second-order valence-electron chi connectivity index (χ2n) is 7.31. The van der Waals surface area contributed by atoms with Gasteiger partial charge < -0.3 is 28.9 Å². The third-order valence-electron chi connectivity index (χ3n) is 5.45. The zero-order valence-electron chi connectivity index (χ0n) is 18.5. The number of imidazole rings is 1. The largest absolute Gasteiger partial charge is 0.507 e. The molecule has 0 aliphatic rings. The van der Waals surface area contributed by atoms with Crippen molar-refractivity contribution in [1.29, 1.82) is 0 Å². The lowest BCUT2D eigenvalue weighted by Gasteiger charge is -2.22. The third kappa shape index (κ3) is 4.77. The first-order chi connectivity index (χ1) is 15.4. The molecule has 0 radical (unpaired) electrons. The van der Waals surface area contributed by atoms with Gasteiger partial charge in [0.2, 0.25) is 0 Å². The van der Waals surface area contributed by atoms with Crippen LogP contribution < -0.4 is 15.0 Å². The number of aryl methyl sites for hydroxylation is 2. The molecule has 0 aliphatic heterocycles. The molecule has 3 rings (SSSR count). The molecule has 0 saturated heterocycles. The molecular weight excluding hydrogens is 414 g/mol. The number of ether oxygens (including phenoxy) is 3. The van der Waals surface area contributed by atoms with Crippen molar-refractivity contribution in [2.45, 2.75) is 32.2 Å². The van der Waals surface area contributed by atoms with Crippen molar-refractivity contribution in [3.8, 4) is 17.2 Å². The summed E-state index contributed by atoms with van der Waals surface area (Å²) in [6.07, 6.45) is 3.68. The van der Waals surface area contributed by atoms with Crippen LogP contribution in [0.2, 0.25) is 0 Å². The number of esters is 1. The predicted molar refractivity (Wildman–Crippen MR) is 117 cm³/mol. The second-order valence-corrected chi connectivity index (χ2v) is 7.31. The standard InChI is InChI=1S/C23H27N3O6/c1-14-9-19(27)22(23(29)26(14)8-7-15-12-24-13-25-15)18(11-21(28)32-4)17-6-5-16(30-2)10-20(17)31-3/h5-6,9-10,12-13,18,27H,7-8,11H2,1-4H3,(H,24,25)/t18-/m1/s1. The average molecular weight is 441 g/mol. The van der Waals surface area contributed by atoms with Crippen molar-refractivity contribution in [2.75, 3.05) is 21.3 Å². The van der Waals surface area contributed by atoms with Crippen molar-refractivity contribution in [1.82, 2.24) is 14.5 Å². The van der Waals surface area contributed by atoms with Crippen LogP contribution in [-0.4, -0.2) is 46.9 Å². The van der Waals surface area contributed by atoms with Crippen LogP contribution in [0.15, 0.2) is 41.6 Å². The van der Waals surface area contributed by atoms with Gasteiger partial charge in [0.1, 0.15) is 17.2 Å². The topological polar surface area (TPSA) is 116 Å². The summed E-state index contributed by atoms with van der Waals surface area (Å²) < 4.78 is 17.2. The van der Waals surface area contributed by atoms with Crippen LogP contribution in [-0.2, 0) is 22.5 Å². The van der Waals surface area contributed by atoms with Crippen LogP contribution in [0, 0.1) is 6.92 Å². The zero-order chi connectivity index (χ0) is 23.3. The maximum atomic E-state index is 13.5. The molecule has 0 saturated carbocycles. The maximum Gasteiger partial charge on any atom is 0.306 e. The number of carbonyl (C=O) groups is 1. The van der Waals surface area contributed by atoms with Gasteiger partial charge in [-0.15, -0.1) is 0 Å². The van der Waals surface area contributed by atoms with E-state index in [1.807, 2.05) is 0 Å². The molecule has 32 heavy (non-hydrogen) atoms. The van der Waals surface area contributed by atoms with Crippen molar-refractivity contribution in [2.24, 2.45) is 0 Å². The van der Waals surface area contributed by atoms with Crippen LogP contribution in [0.1, 0.15) is 34.9 Å². The highest BCUT2D eigenvalue weighted by Gasteiger charge is 2.29. The van der Waals surface area contributed by atoms with Crippen molar-refractivity contribution >= 4 is 5.97 Å². The summed E-state index contributed by atoms with van der Waals surface area (Å²) in [7, 11) is 4.30. The Morgan fingerprint density at radius 3 is 2.62 bits per heavy atom. The van der Waals surface area contributed by atoms with E-state index in [0.29, 0.717) is 35.7 Å². The minimum atomic E-state index is -0.783. The second kappa shape index (κ2) is 10.0. The van der Waals surface area contributed by atoms with E-state index in [2.05, 4.69) is 9.97 Å². The smallest absolute Gasteiger partial charge is 0.306 e. The Morgan fingerprint density at radius 1 is 1.22 bits per heavy atom. The number of aromatic nitrogens is 3. The summed E-state index contributed by atoms with van der Waals surface area (Å²) in [5.41, 5.74) is 1.78. The Labute approximate surface area is 185 Å². The first-order valence-corrected chi connectivity index (χ1v) is 10.1. The minimum absolute atomic E-state index is 0.106. The first kappa shape index (κ1) is 22.9. The SMILES string of the molecule is COC(=O)C[C@H](c1ccc(OC)cc1OC)c1c(O)cc(C)n(CCc2cnc[nH]2)c1=O. The van der Waals surface area contributed by atoms with E-state index >= 15 is 0 Å². The van der Waals surface area contributed by atoms with Crippen molar-refractivity contribution in [3.05, 3.63) is 69.7 Å². The summed E-state index contributed by atoms with van der Waals surface area (Å²) >= 11 is 0. The van der Waals surface area contributed by atoms with Gasteiger partial charge in [0, 0.05) is 48.1 Å². The van der Waals surface area contributed by atoms with Crippen LogP contribution >= 0.6 is 0 Å². The summed E-state index contributed by atoms with van der Waals surface area (Å²) in [4.78, 5) is 32.8. The molecule has 2 aromatic heterocycles. The van der Waals surface area contributed by atoms with Crippen molar-refractivity contribution < 1.29 is 24.1 Å². The first-order valence-electron chi connectivity index (χ1n) is 10.1. The number of hydrogen-bond donors (Lipinski definition) is 2. The number of H-pyrrole nitrogens is 1. The molecule has 2 heterocycles. The van der Waals surface area contributed by atoms with E-state index in [9.17, 15) is 14.7 Å². The highest BCUT2D eigenvalue weighted by Crippen LogP contribution is 2.38. The fraction of sp³-hybridized carbons (Fsp3) is 0.348. The number of benzene rings is 1. The molecule has 1 atom stereocenters. The number of carbonyl (C=O) groups excluding carboxylic acids is 1. The number of aromatic hydroxyl groups is 1. The molecule has 0 bridgehead atoms. The molecule has 0 amide bonds. The van der Waals surface area contributed by atoms with Gasteiger partial charge in [-0.05, 0) is 19.1 Å². The lowest BCUT2D eigenvalue weighted by Crippen LogP contribution is -2.29. The molecule has 2 N–H and O–H groups in total. The summed E-state index contributed by atoms with van der Waals surface area (Å²) in [5, 5.41) is 10.8. The Hall–Kier alpha value is -3.75. The lowest BCUT2D eigenvalue weighted by molar-refractivity contribution is -0.140. The molecule has 0 spiro atoms. The van der Waals surface area contributed by atoms with Crippen molar-refractivity contribution in [3.63, 3.8) is 0 Å². The number of nitrogens with one attached hydrogen (secondary N) is 1. The predicted octanol–water partition coefficient (Wildman–Crippen LogP) is 2.54. The Kier molecular flexibility index (Phi) is 7.19. The number of nitrogens with zero attached hydrogens (tertiary/aromatic N) is 2. The van der Waals surface area contributed by atoms with Crippen LogP contribution in [0.4, 0.5) is 0 Å². The fourth-order valence-electron chi connectivity index (χ4n) is 3.75. The highest BCUT2D eigenvalue weighted by molar-refractivity contribution is 5.72. The maximum absolute atomic E-state index is 13.5. The molecule has 9 heteroatoms. The molecule has 0 fully saturated rings. The van der Waals surface area contributed by atoms with Gasteiger partial charge in [-0.3, -0.25) is 9.59 Å². The van der Waals surface area contributed by atoms with E-state index in [1.165, 1.54) is 27.4 Å². The van der Waals surface area contributed by atoms with Gasteiger partial charge in [0.05, 0.1) is 39.6 Å². The number of methoxy groups -OCH3 is 3. The molecule has 1 aromatic carbocycles. The number of hydrogen-bond acceptors (Lipinski definition) is 7. The van der Waals surface area contributed by atoms with Gasteiger partial charge in [-0.25, -0.2) is 4.98 Å².